The predicted octanol–water partition coefficient (Wildman–Crippen LogP) is 2.02. The van der Waals surface area contributed by atoms with Crippen LogP contribution in [0.15, 0.2) is 18.2 Å². The van der Waals surface area contributed by atoms with E-state index in [0.717, 1.165) is 6.07 Å². The highest BCUT2D eigenvalue weighted by molar-refractivity contribution is 7.31. The van der Waals surface area contributed by atoms with Crippen LogP contribution >= 0.6 is 8.75 Å². The van der Waals surface area contributed by atoms with E-state index in [4.69, 9.17) is 10.6 Å². The standard InChI is InChI=1S/C11H14F2NO2P/c1-17-16-14-10(11-6-15-11)4-7-2-8(12)5-9(13)3-7/h2-3,5,10-11,14,17H,4,6H2,1H3/t10-,11+,17?/m0/s1/i17T. The molecule has 6 heteroatoms. The second kappa shape index (κ2) is 5.83. The van der Waals surface area contributed by atoms with Gasteiger partial charge in [-0.15, -0.1) is 0 Å². The van der Waals surface area contributed by atoms with Gasteiger partial charge in [-0.25, -0.2) is 8.78 Å². The Bertz CT molecular complexity index is 398. The van der Waals surface area contributed by atoms with Gasteiger partial charge in [-0.2, -0.15) is 5.48 Å². The Morgan fingerprint density at radius 2 is 2.24 bits per heavy atom. The van der Waals surface area contributed by atoms with E-state index in [1.165, 1.54) is 12.1 Å². The molecule has 1 unspecified atom stereocenters. The summed E-state index contributed by atoms with van der Waals surface area (Å²) in [6, 6.07) is 3.22. The monoisotopic (exact) mass is 263 g/mol. The van der Waals surface area contributed by atoms with E-state index in [1.807, 2.05) is 0 Å². The Morgan fingerprint density at radius 3 is 2.76 bits per heavy atom. The molecule has 1 heterocycles. The van der Waals surface area contributed by atoms with E-state index in [2.05, 4.69) is 5.48 Å². The molecule has 1 aromatic rings. The van der Waals surface area contributed by atoms with Gasteiger partial charge in [-0.3, -0.25) is 4.62 Å². The van der Waals surface area contributed by atoms with Crippen LogP contribution in [0.3, 0.4) is 0 Å². The zero-order valence-electron chi connectivity index (χ0n) is 10.3. The number of rotatable bonds is 6. The largest absolute Gasteiger partial charge is 0.371 e. The Kier molecular flexibility index (Phi) is 3.93. The van der Waals surface area contributed by atoms with E-state index in [0.29, 0.717) is 18.6 Å². The van der Waals surface area contributed by atoms with Crippen molar-refractivity contribution in [1.82, 2.24) is 5.48 Å². The van der Waals surface area contributed by atoms with Crippen LogP contribution in [0.25, 0.3) is 0 Å². The first kappa shape index (κ1) is 11.5. The van der Waals surface area contributed by atoms with Gasteiger partial charge in [0.15, 0.2) is 0 Å². The number of ether oxygens (including phenoxy) is 1. The van der Waals surface area contributed by atoms with Crippen LogP contribution in [0.5, 0.6) is 0 Å². The van der Waals surface area contributed by atoms with Crippen LogP contribution in [0, 0.1) is 11.6 Å². The minimum Gasteiger partial charge on any atom is -0.371 e. The zero-order valence-corrected chi connectivity index (χ0v) is 10.2. The summed E-state index contributed by atoms with van der Waals surface area (Å²) in [5.41, 5.74) is 3.28. The first-order valence-corrected chi connectivity index (χ1v) is 6.52. The zero-order chi connectivity index (χ0) is 13.1. The average Bonchev–Trinajstić information content (AvgIpc) is 3.06. The van der Waals surface area contributed by atoms with Crippen LogP contribution in [-0.2, 0) is 15.8 Å². The third-order valence-electron chi connectivity index (χ3n) is 2.48. The van der Waals surface area contributed by atoms with E-state index in [-0.39, 0.29) is 12.1 Å². The molecule has 2 rings (SSSR count). The first-order chi connectivity index (χ1) is 8.54. The molecule has 1 saturated heterocycles. The number of halogens is 2. The van der Waals surface area contributed by atoms with Crippen LogP contribution in [0.4, 0.5) is 8.78 Å². The third-order valence-corrected chi connectivity index (χ3v) is 2.77. The highest BCUT2D eigenvalue weighted by atomic mass is 31.1. The fraction of sp³-hybridized carbons (Fsp3) is 0.455. The molecule has 94 valence electrons. The number of benzene rings is 1. The molecule has 0 aromatic heterocycles. The Morgan fingerprint density at radius 1 is 1.59 bits per heavy atom. The second-order valence-corrected chi connectivity index (χ2v) is 4.40. The summed E-state index contributed by atoms with van der Waals surface area (Å²) in [4.78, 5) is 0. The van der Waals surface area contributed by atoms with Crippen LogP contribution in [-0.4, -0.2) is 26.7 Å². The normalized spacial score (nSPS) is 23.0. The minimum atomic E-state index is -1.28. The summed E-state index contributed by atoms with van der Waals surface area (Å²) in [7, 11) is -1.28. The van der Waals surface area contributed by atoms with Gasteiger partial charge in [0.1, 0.15) is 11.6 Å². The molecule has 1 N–H and O–H groups in total. The molecule has 3 nitrogen and oxygen atoms in total. The molecule has 1 aromatic carbocycles. The quantitative estimate of drug-likeness (QED) is 0.484. The van der Waals surface area contributed by atoms with Crippen LogP contribution < -0.4 is 5.48 Å². The van der Waals surface area contributed by atoms with Gasteiger partial charge < -0.3 is 4.74 Å². The van der Waals surface area contributed by atoms with Crippen LogP contribution in [0.2, 0.25) is 0 Å². The summed E-state index contributed by atoms with van der Waals surface area (Å²) in [5.74, 6) is -1.20. The molecule has 3 atom stereocenters. The molecule has 0 radical (unpaired) electrons. The van der Waals surface area contributed by atoms with Gasteiger partial charge in [0, 0.05) is 14.8 Å². The highest BCUT2D eigenvalue weighted by Crippen LogP contribution is 2.20. The topological polar surface area (TPSA) is 33.8 Å². The lowest BCUT2D eigenvalue weighted by Gasteiger charge is -2.15. The number of hydroxylamine groups is 1. The Hall–Kier alpha value is -0.610. The Balaban J connectivity index is 1.99. The predicted molar refractivity (Wildman–Crippen MR) is 62.0 cm³/mol. The highest BCUT2D eigenvalue weighted by Gasteiger charge is 2.33. The number of hydrogen-bond acceptors (Lipinski definition) is 3. The molecule has 1 aliphatic heterocycles. The molecular formula is C11H14F2NO2P. The molecule has 1 aliphatic rings. The van der Waals surface area contributed by atoms with Crippen molar-refractivity contribution < 1.29 is 18.1 Å². The summed E-state index contributed by atoms with van der Waals surface area (Å²) in [6.45, 7) is 2.23. The van der Waals surface area contributed by atoms with Crippen molar-refractivity contribution in [1.29, 1.82) is 1.28 Å². The minimum absolute atomic E-state index is 0.0220. The van der Waals surface area contributed by atoms with Crippen molar-refractivity contribution in [3.8, 4) is 0 Å². The molecule has 0 bridgehead atoms. The summed E-state index contributed by atoms with van der Waals surface area (Å²) in [6.07, 6.45) is 0.369. The van der Waals surface area contributed by atoms with Gasteiger partial charge in [0.25, 0.3) is 0 Å². The van der Waals surface area contributed by atoms with Crippen molar-refractivity contribution in [2.24, 2.45) is 0 Å². The van der Waals surface area contributed by atoms with Crippen molar-refractivity contribution in [2.45, 2.75) is 18.6 Å². The molecule has 0 spiro atoms. The number of hydrogen-bond donors (Lipinski definition) is 1. The summed E-state index contributed by atoms with van der Waals surface area (Å²) < 4.78 is 43.6. The summed E-state index contributed by atoms with van der Waals surface area (Å²) in [5, 5.41) is 0. The van der Waals surface area contributed by atoms with Gasteiger partial charge >= 0.3 is 0 Å². The lowest BCUT2D eigenvalue weighted by atomic mass is 10.0. The molecule has 0 amide bonds. The number of epoxide rings is 1. The van der Waals surface area contributed by atoms with E-state index in [9.17, 15) is 8.78 Å². The molecule has 0 aliphatic carbocycles. The second-order valence-electron chi connectivity index (χ2n) is 3.85. The fourth-order valence-corrected chi connectivity index (χ4v) is 1.88. The van der Waals surface area contributed by atoms with Gasteiger partial charge in [0.2, 0.25) is 0 Å². The maximum atomic E-state index is 13.1. The van der Waals surface area contributed by atoms with Crippen molar-refractivity contribution in [3.63, 3.8) is 0 Å². The van der Waals surface area contributed by atoms with Gasteiger partial charge in [-0.1, -0.05) is 0 Å². The maximum Gasteiger partial charge on any atom is 0.126 e. The van der Waals surface area contributed by atoms with Gasteiger partial charge in [0.05, 0.1) is 20.0 Å². The Labute approximate surface area is 102 Å². The van der Waals surface area contributed by atoms with Crippen molar-refractivity contribution >= 4 is 8.75 Å². The fourth-order valence-electron chi connectivity index (χ4n) is 1.64. The van der Waals surface area contributed by atoms with E-state index in [1.54, 1.807) is 6.66 Å². The average molecular weight is 263 g/mol. The molecule has 17 heavy (non-hydrogen) atoms. The van der Waals surface area contributed by atoms with Crippen molar-refractivity contribution in [3.05, 3.63) is 35.4 Å². The van der Waals surface area contributed by atoms with Crippen molar-refractivity contribution in [2.75, 3.05) is 13.3 Å². The SMILES string of the molecule is [3H]P(C)ON[C@@H](Cc1cc(F)cc(F)c1)[C@H]1CO1. The van der Waals surface area contributed by atoms with E-state index >= 15 is 0 Å². The molecular weight excluding hydrogens is 247 g/mol. The lowest BCUT2D eigenvalue weighted by molar-refractivity contribution is 0.159. The third kappa shape index (κ3) is 3.96. The van der Waals surface area contributed by atoms with Gasteiger partial charge in [-0.05, 0) is 30.8 Å². The molecule has 1 fully saturated rings. The smallest absolute Gasteiger partial charge is 0.126 e. The number of nitrogens with one attached hydrogen (secondary N) is 1. The maximum absolute atomic E-state index is 13.1. The lowest BCUT2D eigenvalue weighted by Crippen LogP contribution is -2.34. The first-order valence-electron chi connectivity index (χ1n) is 5.71. The summed E-state index contributed by atoms with van der Waals surface area (Å²) >= 11 is 0. The molecule has 0 saturated carbocycles. The van der Waals surface area contributed by atoms with E-state index < -0.39 is 20.4 Å². The van der Waals surface area contributed by atoms with Crippen LogP contribution in [0.1, 0.15) is 5.56 Å².